The van der Waals surface area contributed by atoms with Crippen molar-refractivity contribution in [1.29, 1.82) is 0 Å². The van der Waals surface area contributed by atoms with Crippen LogP contribution in [0, 0.1) is 5.92 Å². The predicted molar refractivity (Wildman–Crippen MR) is 90.0 cm³/mol. The maximum absolute atomic E-state index is 12.7. The first-order valence-corrected chi connectivity index (χ1v) is 8.85. The fraction of sp³-hybridized carbons (Fsp3) is 0.579. The first-order chi connectivity index (χ1) is 11.2. The van der Waals surface area contributed by atoms with Crippen molar-refractivity contribution in [3.63, 3.8) is 0 Å². The fourth-order valence-electron chi connectivity index (χ4n) is 4.09. The SMILES string of the molecule is NC(=O)c1ccccc1CCC1CCN(C2CCCCC2)C1=O. The molecule has 124 valence electrons. The van der Waals surface area contributed by atoms with E-state index < -0.39 is 0 Å². The van der Waals surface area contributed by atoms with Crippen molar-refractivity contribution in [2.45, 2.75) is 57.4 Å². The van der Waals surface area contributed by atoms with Crippen LogP contribution in [0.2, 0.25) is 0 Å². The zero-order valence-corrected chi connectivity index (χ0v) is 13.7. The summed E-state index contributed by atoms with van der Waals surface area (Å²) in [6.07, 6.45) is 8.67. The lowest BCUT2D eigenvalue weighted by Gasteiger charge is -2.31. The van der Waals surface area contributed by atoms with Crippen LogP contribution in [0.25, 0.3) is 0 Å². The molecule has 1 saturated carbocycles. The number of carbonyl (C=O) groups is 2. The van der Waals surface area contributed by atoms with Gasteiger partial charge in [0.25, 0.3) is 0 Å². The highest BCUT2D eigenvalue weighted by Crippen LogP contribution is 2.30. The molecule has 0 bridgehead atoms. The minimum Gasteiger partial charge on any atom is -0.366 e. The zero-order chi connectivity index (χ0) is 16.2. The molecule has 4 nitrogen and oxygen atoms in total. The number of amides is 2. The normalized spacial score (nSPS) is 22.5. The molecule has 4 heteroatoms. The summed E-state index contributed by atoms with van der Waals surface area (Å²) in [6.45, 7) is 0.908. The van der Waals surface area contributed by atoms with E-state index in [1.54, 1.807) is 6.07 Å². The molecule has 0 aromatic heterocycles. The summed E-state index contributed by atoms with van der Waals surface area (Å²) in [5.74, 6) is 0.0495. The highest BCUT2D eigenvalue weighted by Gasteiger charge is 2.35. The van der Waals surface area contributed by atoms with Crippen LogP contribution in [0.3, 0.4) is 0 Å². The number of likely N-dealkylation sites (tertiary alicyclic amines) is 1. The number of hydrogen-bond acceptors (Lipinski definition) is 2. The van der Waals surface area contributed by atoms with Gasteiger partial charge in [-0.3, -0.25) is 9.59 Å². The highest BCUT2D eigenvalue weighted by atomic mass is 16.2. The number of aryl methyl sites for hydroxylation is 1. The van der Waals surface area contributed by atoms with E-state index in [1.165, 1.54) is 32.1 Å². The Labute approximate surface area is 138 Å². The Kier molecular flexibility index (Phi) is 4.99. The summed E-state index contributed by atoms with van der Waals surface area (Å²) in [7, 11) is 0. The number of primary amides is 1. The first kappa shape index (κ1) is 16.0. The lowest BCUT2D eigenvalue weighted by Crippen LogP contribution is -2.38. The van der Waals surface area contributed by atoms with Gasteiger partial charge in [0, 0.05) is 24.1 Å². The van der Waals surface area contributed by atoms with Crippen LogP contribution in [0.1, 0.15) is 60.9 Å². The Morgan fingerprint density at radius 2 is 1.87 bits per heavy atom. The Morgan fingerprint density at radius 3 is 2.61 bits per heavy atom. The van der Waals surface area contributed by atoms with Gasteiger partial charge in [-0.25, -0.2) is 0 Å². The maximum atomic E-state index is 12.7. The van der Waals surface area contributed by atoms with Gasteiger partial charge in [-0.15, -0.1) is 0 Å². The van der Waals surface area contributed by atoms with Gasteiger partial charge in [-0.2, -0.15) is 0 Å². The molecule has 1 aromatic rings. The standard InChI is InChI=1S/C19H26N2O2/c20-18(22)17-9-5-4-6-14(17)10-11-15-12-13-21(19(15)23)16-7-2-1-3-8-16/h4-6,9,15-16H,1-3,7-8,10-13H2,(H2,20,22). The quantitative estimate of drug-likeness (QED) is 0.908. The Balaban J connectivity index is 1.59. The second-order valence-corrected chi connectivity index (χ2v) is 6.87. The Bertz CT molecular complexity index is 578. The monoisotopic (exact) mass is 314 g/mol. The van der Waals surface area contributed by atoms with Crippen molar-refractivity contribution >= 4 is 11.8 Å². The summed E-state index contributed by atoms with van der Waals surface area (Å²) < 4.78 is 0. The first-order valence-electron chi connectivity index (χ1n) is 8.85. The number of hydrogen-bond donors (Lipinski definition) is 1. The molecule has 2 aliphatic rings. The van der Waals surface area contributed by atoms with Gasteiger partial charge in [-0.1, -0.05) is 37.5 Å². The van der Waals surface area contributed by atoms with Crippen molar-refractivity contribution in [1.82, 2.24) is 4.90 Å². The van der Waals surface area contributed by atoms with Crippen LogP contribution < -0.4 is 5.73 Å². The van der Waals surface area contributed by atoms with Gasteiger partial charge < -0.3 is 10.6 Å². The van der Waals surface area contributed by atoms with Crippen molar-refractivity contribution in [2.24, 2.45) is 11.7 Å². The van der Waals surface area contributed by atoms with Gasteiger partial charge in [0.15, 0.2) is 0 Å². The Morgan fingerprint density at radius 1 is 1.13 bits per heavy atom. The molecular formula is C19H26N2O2. The lowest BCUT2D eigenvalue weighted by molar-refractivity contribution is -0.133. The van der Waals surface area contributed by atoms with Crippen molar-refractivity contribution in [3.8, 4) is 0 Å². The maximum Gasteiger partial charge on any atom is 0.248 e. The number of nitrogens with zero attached hydrogens (tertiary/aromatic N) is 1. The van der Waals surface area contributed by atoms with E-state index in [0.29, 0.717) is 17.5 Å². The minimum atomic E-state index is -0.387. The highest BCUT2D eigenvalue weighted by molar-refractivity contribution is 5.94. The molecule has 1 aliphatic heterocycles. The summed E-state index contributed by atoms with van der Waals surface area (Å²) in [5.41, 5.74) is 6.98. The van der Waals surface area contributed by atoms with E-state index in [0.717, 1.165) is 31.4 Å². The van der Waals surface area contributed by atoms with Crippen LogP contribution in [0.5, 0.6) is 0 Å². The van der Waals surface area contributed by atoms with Crippen LogP contribution in [0.15, 0.2) is 24.3 Å². The molecule has 1 aromatic carbocycles. The molecule has 2 N–H and O–H groups in total. The molecule has 1 aliphatic carbocycles. The van der Waals surface area contributed by atoms with Gasteiger partial charge in [0.05, 0.1) is 0 Å². The largest absolute Gasteiger partial charge is 0.366 e. The molecule has 2 amide bonds. The topological polar surface area (TPSA) is 63.4 Å². The number of benzene rings is 1. The molecule has 0 spiro atoms. The second-order valence-electron chi connectivity index (χ2n) is 6.87. The number of rotatable bonds is 5. The Hall–Kier alpha value is -1.84. The van der Waals surface area contributed by atoms with E-state index in [9.17, 15) is 9.59 Å². The third-order valence-electron chi connectivity index (χ3n) is 5.41. The average molecular weight is 314 g/mol. The molecule has 1 unspecified atom stereocenters. The van der Waals surface area contributed by atoms with Gasteiger partial charge in [-0.05, 0) is 43.7 Å². The third-order valence-corrected chi connectivity index (χ3v) is 5.41. The minimum absolute atomic E-state index is 0.109. The van der Waals surface area contributed by atoms with E-state index in [1.807, 2.05) is 18.2 Å². The van der Waals surface area contributed by atoms with Crippen molar-refractivity contribution < 1.29 is 9.59 Å². The summed E-state index contributed by atoms with van der Waals surface area (Å²) in [4.78, 5) is 26.3. The molecule has 2 fully saturated rings. The molecule has 1 atom stereocenters. The molecule has 3 rings (SSSR count). The summed E-state index contributed by atoms with van der Waals surface area (Å²) in [5, 5.41) is 0. The van der Waals surface area contributed by atoms with E-state index >= 15 is 0 Å². The predicted octanol–water partition coefficient (Wildman–Crippen LogP) is 2.90. The summed E-state index contributed by atoms with van der Waals surface area (Å²) >= 11 is 0. The molecule has 23 heavy (non-hydrogen) atoms. The number of carbonyl (C=O) groups excluding carboxylic acids is 2. The molecule has 0 radical (unpaired) electrons. The lowest BCUT2D eigenvalue weighted by atomic mass is 9.93. The second kappa shape index (κ2) is 7.16. The van der Waals surface area contributed by atoms with Gasteiger partial charge in [0.1, 0.15) is 0 Å². The van der Waals surface area contributed by atoms with Gasteiger partial charge in [0.2, 0.25) is 11.8 Å². The molecule has 1 heterocycles. The van der Waals surface area contributed by atoms with Crippen molar-refractivity contribution in [3.05, 3.63) is 35.4 Å². The summed E-state index contributed by atoms with van der Waals surface area (Å²) in [6, 6.07) is 7.93. The van der Waals surface area contributed by atoms with E-state index in [4.69, 9.17) is 5.73 Å². The van der Waals surface area contributed by atoms with E-state index in [2.05, 4.69) is 4.90 Å². The average Bonchev–Trinajstić information content (AvgIpc) is 2.94. The zero-order valence-electron chi connectivity index (χ0n) is 13.7. The fourth-order valence-corrected chi connectivity index (χ4v) is 4.09. The third kappa shape index (κ3) is 3.57. The van der Waals surface area contributed by atoms with Crippen LogP contribution in [-0.4, -0.2) is 29.3 Å². The molecule has 1 saturated heterocycles. The van der Waals surface area contributed by atoms with Crippen LogP contribution in [0.4, 0.5) is 0 Å². The van der Waals surface area contributed by atoms with Crippen LogP contribution in [-0.2, 0) is 11.2 Å². The van der Waals surface area contributed by atoms with E-state index in [-0.39, 0.29) is 11.8 Å². The van der Waals surface area contributed by atoms with Gasteiger partial charge >= 0.3 is 0 Å². The number of nitrogens with two attached hydrogens (primary N) is 1. The van der Waals surface area contributed by atoms with Crippen LogP contribution >= 0.6 is 0 Å². The smallest absolute Gasteiger partial charge is 0.248 e. The van der Waals surface area contributed by atoms with Crippen molar-refractivity contribution in [2.75, 3.05) is 6.54 Å². The molecular weight excluding hydrogens is 288 g/mol.